The van der Waals surface area contributed by atoms with Gasteiger partial charge in [-0.3, -0.25) is 0 Å². The Labute approximate surface area is 102 Å². The number of benzene rings is 1. The van der Waals surface area contributed by atoms with Crippen LogP contribution in [0.5, 0.6) is 0 Å². The van der Waals surface area contributed by atoms with Crippen LogP contribution in [0.2, 0.25) is 0 Å². The van der Waals surface area contributed by atoms with E-state index >= 15 is 0 Å². The van der Waals surface area contributed by atoms with Crippen LogP contribution >= 0.6 is 0 Å². The van der Waals surface area contributed by atoms with Crippen molar-refractivity contribution in [2.24, 2.45) is 0 Å². The molecule has 1 aromatic carbocycles. The summed E-state index contributed by atoms with van der Waals surface area (Å²) in [5.74, 6) is 0. The molecule has 0 radical (unpaired) electrons. The molecule has 0 N–H and O–H groups in total. The predicted molar refractivity (Wildman–Crippen MR) is 37.2 cm³/mol. The van der Waals surface area contributed by atoms with Gasteiger partial charge in [0.05, 0.1) is 0 Å². The topological polar surface area (TPSA) is 0 Å². The second kappa shape index (κ2) is 7.12. The molecule has 0 atom stereocenters. The molecule has 1 aromatic rings. The van der Waals surface area contributed by atoms with Crippen LogP contribution in [0.1, 0.15) is 0 Å². The zero-order valence-corrected chi connectivity index (χ0v) is 9.55. The van der Waals surface area contributed by atoms with Crippen LogP contribution in [0, 0.1) is 0 Å². The predicted octanol–water partition coefficient (Wildman–Crippen LogP) is -6.72. The normalized spacial score (nSPS) is 7.20. The average molecular weight is 248 g/mol. The molecule has 10 heavy (non-hydrogen) atoms. The summed E-state index contributed by atoms with van der Waals surface area (Å²) in [6.07, 6.45) is 0. The van der Waals surface area contributed by atoms with Crippen molar-refractivity contribution >= 4 is 40.9 Å². The zero-order chi connectivity index (χ0) is 5.98. The van der Waals surface area contributed by atoms with Crippen molar-refractivity contribution in [2.45, 2.75) is 0 Å². The first-order valence-corrected chi connectivity index (χ1v) is 3.95. The average Bonchev–Trinajstić information content (AvgIpc) is 1.77. The van der Waals surface area contributed by atoms with Gasteiger partial charge in [-0.25, -0.2) is 0 Å². The molecule has 0 fully saturated rings. The Hall–Kier alpha value is 1.45. The van der Waals surface area contributed by atoms with Crippen molar-refractivity contribution in [2.75, 3.05) is 0 Å². The van der Waals surface area contributed by atoms with Gasteiger partial charge in [0.2, 0.25) is 0 Å². The molecular weight excluding hydrogens is 244 g/mol. The third kappa shape index (κ3) is 4.36. The Bertz CT molecular complexity index is 170. The van der Waals surface area contributed by atoms with Crippen molar-refractivity contribution in [3.63, 3.8) is 0 Å². The van der Waals surface area contributed by atoms with E-state index in [0.717, 1.165) is 0 Å². The summed E-state index contributed by atoms with van der Waals surface area (Å²) in [6, 6.07) is 8.08. The van der Waals surface area contributed by atoms with Crippen LogP contribution in [0.15, 0.2) is 24.3 Å². The second-order valence-corrected chi connectivity index (χ2v) is 3.29. The van der Waals surface area contributed by atoms with Gasteiger partial charge in [0.25, 0.3) is 0 Å². The molecule has 4 heteroatoms. The third-order valence-corrected chi connectivity index (χ3v) is 3.00. The number of rotatable bonds is 0. The van der Waals surface area contributed by atoms with Gasteiger partial charge in [-0.15, -0.1) is 0 Å². The summed E-state index contributed by atoms with van der Waals surface area (Å²) in [5, 5.41) is 0. The standard InChI is InChI=1S/C6H6Se2.2Li/c7-5-3-1-2-4-6(5)8;;/h1-4,7-8H;;/q;2*+1/p-2. The number of hydrogen-bond donors (Lipinski definition) is 0. The van der Waals surface area contributed by atoms with Gasteiger partial charge in [-0.05, 0) is 0 Å². The van der Waals surface area contributed by atoms with Gasteiger partial charge in [-0.2, -0.15) is 0 Å². The van der Waals surface area contributed by atoms with E-state index in [1.807, 2.05) is 24.3 Å². The summed E-state index contributed by atoms with van der Waals surface area (Å²) in [6.45, 7) is 0. The first-order valence-electron chi connectivity index (χ1n) is 2.24. The van der Waals surface area contributed by atoms with Crippen LogP contribution in [-0.4, -0.2) is 32.0 Å². The van der Waals surface area contributed by atoms with Crippen LogP contribution in [-0.2, 0) is 0 Å². The van der Waals surface area contributed by atoms with Crippen LogP contribution in [0.25, 0.3) is 0 Å². The fraction of sp³-hybridized carbons (Fsp3) is 0. The first-order chi connectivity index (χ1) is 3.80. The number of hydrogen-bond acceptors (Lipinski definition) is 0. The molecule has 0 aliphatic rings. The van der Waals surface area contributed by atoms with Gasteiger partial charge in [-0.1, -0.05) is 0 Å². The monoisotopic (exact) mass is 250 g/mol. The van der Waals surface area contributed by atoms with E-state index in [1.165, 1.54) is 8.92 Å². The zero-order valence-electron chi connectivity index (χ0n) is 6.13. The Morgan fingerprint density at radius 3 is 1.30 bits per heavy atom. The van der Waals surface area contributed by atoms with Crippen molar-refractivity contribution in [1.82, 2.24) is 0 Å². The molecule has 0 aromatic heterocycles. The Balaban J connectivity index is 0. The Morgan fingerprint density at radius 1 is 0.800 bits per heavy atom. The van der Waals surface area contributed by atoms with Gasteiger partial charge in [0.1, 0.15) is 0 Å². The molecule has 0 heterocycles. The van der Waals surface area contributed by atoms with E-state index in [0.29, 0.717) is 0 Å². The fourth-order valence-corrected chi connectivity index (χ4v) is 1.07. The molecular formula is C6H4Li2Se2. The molecule has 0 saturated carbocycles. The van der Waals surface area contributed by atoms with Crippen LogP contribution < -0.4 is 46.6 Å². The van der Waals surface area contributed by atoms with Gasteiger partial charge >= 0.3 is 103 Å². The van der Waals surface area contributed by atoms with Crippen LogP contribution in [0.3, 0.4) is 0 Å². The van der Waals surface area contributed by atoms with Crippen molar-refractivity contribution < 1.29 is 37.7 Å². The first kappa shape index (κ1) is 14.0. The van der Waals surface area contributed by atoms with Gasteiger partial charge in [0, 0.05) is 0 Å². The van der Waals surface area contributed by atoms with E-state index < -0.39 is 0 Å². The fourth-order valence-electron chi connectivity index (χ4n) is 0.450. The maximum atomic E-state index is 2.94. The van der Waals surface area contributed by atoms with E-state index in [2.05, 4.69) is 32.0 Å². The van der Waals surface area contributed by atoms with E-state index in [1.54, 1.807) is 0 Å². The van der Waals surface area contributed by atoms with Crippen molar-refractivity contribution in [3.05, 3.63) is 24.3 Å². The summed E-state index contributed by atoms with van der Waals surface area (Å²) < 4.78 is 2.38. The van der Waals surface area contributed by atoms with E-state index in [9.17, 15) is 0 Å². The molecule has 0 aliphatic heterocycles. The van der Waals surface area contributed by atoms with E-state index in [-0.39, 0.29) is 37.7 Å². The molecule has 0 unspecified atom stereocenters. The molecule has 42 valence electrons. The Kier molecular flexibility index (Phi) is 9.97. The summed E-state index contributed by atoms with van der Waals surface area (Å²) >= 11 is 5.88. The van der Waals surface area contributed by atoms with Gasteiger partial charge < -0.3 is 0 Å². The molecule has 0 bridgehead atoms. The Morgan fingerprint density at radius 2 is 1.10 bits per heavy atom. The molecule has 0 aliphatic carbocycles. The molecule has 0 nitrogen and oxygen atoms in total. The molecule has 1 rings (SSSR count). The van der Waals surface area contributed by atoms with Crippen LogP contribution in [0.4, 0.5) is 0 Å². The minimum atomic E-state index is 0. The second-order valence-electron chi connectivity index (χ2n) is 1.45. The van der Waals surface area contributed by atoms with Gasteiger partial charge in [0.15, 0.2) is 0 Å². The molecule has 0 amide bonds. The minimum absolute atomic E-state index is 0. The summed E-state index contributed by atoms with van der Waals surface area (Å²) in [4.78, 5) is 0. The SMILES string of the molecule is [Li+].[Li+].[Se-]c1ccccc1[Se-]. The van der Waals surface area contributed by atoms with E-state index in [4.69, 9.17) is 0 Å². The molecule has 0 spiro atoms. The quantitative estimate of drug-likeness (QED) is 0.400. The molecule has 0 saturated heterocycles. The third-order valence-electron chi connectivity index (χ3n) is 0.849. The summed E-state index contributed by atoms with van der Waals surface area (Å²) in [7, 11) is 0. The van der Waals surface area contributed by atoms with Crippen molar-refractivity contribution in [3.8, 4) is 0 Å². The van der Waals surface area contributed by atoms with Crippen molar-refractivity contribution in [1.29, 1.82) is 0 Å². The summed E-state index contributed by atoms with van der Waals surface area (Å²) in [5.41, 5.74) is 0. The maximum absolute atomic E-state index is 2.94.